The number of carboxylic acids is 1. The smallest absolute Gasteiger partial charge is 0.345 e. The summed E-state index contributed by atoms with van der Waals surface area (Å²) in [5, 5.41) is 18.7. The lowest BCUT2D eigenvalue weighted by Crippen LogP contribution is -2.27. The third kappa shape index (κ3) is 1.31. The van der Waals surface area contributed by atoms with Gasteiger partial charge in [-0.1, -0.05) is 6.92 Å². The number of hydrogen-bond acceptors (Lipinski definition) is 3. The lowest BCUT2D eigenvalue weighted by atomic mass is 10.1. The highest BCUT2D eigenvalue weighted by molar-refractivity contribution is 5.91. The first-order chi connectivity index (χ1) is 7.43. The van der Waals surface area contributed by atoms with Crippen LogP contribution < -0.4 is 5.56 Å². The summed E-state index contributed by atoms with van der Waals surface area (Å²) in [5.41, 5.74) is 0.195. The van der Waals surface area contributed by atoms with Gasteiger partial charge in [-0.15, -0.1) is 0 Å². The third-order valence-electron chi connectivity index (χ3n) is 3.10. The summed E-state index contributed by atoms with van der Waals surface area (Å²) in [5.74, 6) is -1.40. The van der Waals surface area contributed by atoms with Gasteiger partial charge < -0.3 is 14.8 Å². The van der Waals surface area contributed by atoms with Crippen LogP contribution in [0.4, 0.5) is 0 Å². The summed E-state index contributed by atoms with van der Waals surface area (Å²) in [6.07, 6.45) is 1.32. The molecule has 0 spiro atoms. The second-order valence-electron chi connectivity index (χ2n) is 4.33. The largest absolute Gasteiger partial charge is 0.506 e. The third-order valence-corrected chi connectivity index (χ3v) is 3.10. The van der Waals surface area contributed by atoms with E-state index in [2.05, 4.69) is 0 Å². The van der Waals surface area contributed by atoms with E-state index in [9.17, 15) is 14.7 Å². The number of nitrogens with zero attached hydrogens (tertiary/aromatic N) is 1. The maximum atomic E-state index is 11.7. The molecule has 0 saturated carbocycles. The highest BCUT2D eigenvalue weighted by Crippen LogP contribution is 2.33. The average Bonchev–Trinajstić information content (AvgIpc) is 2.57. The van der Waals surface area contributed by atoms with Crippen LogP contribution in [0.1, 0.15) is 28.5 Å². The number of fused-ring (bicyclic) bond motifs is 1. The SMILES string of the molecule is CC1Cc2c(O)c(C(=O)O)c(=O)n(C)c2C1. The maximum absolute atomic E-state index is 11.7. The van der Waals surface area contributed by atoms with Crippen molar-refractivity contribution in [3.05, 3.63) is 27.2 Å². The van der Waals surface area contributed by atoms with E-state index in [1.165, 1.54) is 4.57 Å². The van der Waals surface area contributed by atoms with Gasteiger partial charge in [-0.25, -0.2) is 4.79 Å². The summed E-state index contributed by atoms with van der Waals surface area (Å²) in [6, 6.07) is 0. The van der Waals surface area contributed by atoms with E-state index >= 15 is 0 Å². The van der Waals surface area contributed by atoms with Crippen molar-refractivity contribution in [2.75, 3.05) is 0 Å². The van der Waals surface area contributed by atoms with Gasteiger partial charge in [-0.3, -0.25) is 4.79 Å². The van der Waals surface area contributed by atoms with Gasteiger partial charge in [-0.05, 0) is 18.8 Å². The van der Waals surface area contributed by atoms with Gasteiger partial charge in [-0.2, -0.15) is 0 Å². The van der Waals surface area contributed by atoms with E-state index < -0.39 is 17.1 Å². The predicted octanol–water partition coefficient (Wildman–Crippen LogP) is 0.524. The molecule has 0 saturated heterocycles. The number of aromatic hydroxyl groups is 1. The lowest BCUT2D eigenvalue weighted by Gasteiger charge is -2.10. The van der Waals surface area contributed by atoms with Gasteiger partial charge in [0.05, 0.1) is 0 Å². The summed E-state index contributed by atoms with van der Waals surface area (Å²) in [7, 11) is 1.55. The van der Waals surface area contributed by atoms with Gasteiger partial charge >= 0.3 is 5.97 Å². The molecule has 0 fully saturated rings. The first kappa shape index (κ1) is 10.7. The minimum atomic E-state index is -1.37. The first-order valence-electron chi connectivity index (χ1n) is 5.10. The zero-order valence-electron chi connectivity index (χ0n) is 9.15. The van der Waals surface area contributed by atoms with Crippen LogP contribution >= 0.6 is 0 Å². The maximum Gasteiger partial charge on any atom is 0.345 e. The van der Waals surface area contributed by atoms with Crippen molar-refractivity contribution < 1.29 is 15.0 Å². The van der Waals surface area contributed by atoms with Gasteiger partial charge in [0, 0.05) is 18.3 Å². The summed E-state index contributed by atoms with van der Waals surface area (Å²) < 4.78 is 1.34. The topological polar surface area (TPSA) is 79.5 Å². The highest BCUT2D eigenvalue weighted by atomic mass is 16.4. The Morgan fingerprint density at radius 3 is 2.62 bits per heavy atom. The lowest BCUT2D eigenvalue weighted by molar-refractivity contribution is 0.0690. The number of carbonyl (C=O) groups is 1. The molecule has 5 heteroatoms. The molecule has 1 heterocycles. The fraction of sp³-hybridized carbons (Fsp3) is 0.455. The molecule has 1 aliphatic carbocycles. The molecular formula is C11H13NO4. The van der Waals surface area contributed by atoms with Crippen LogP contribution in [0.5, 0.6) is 5.75 Å². The van der Waals surface area contributed by atoms with Crippen LogP contribution in [0.2, 0.25) is 0 Å². The van der Waals surface area contributed by atoms with E-state index in [0.29, 0.717) is 24.3 Å². The molecule has 5 nitrogen and oxygen atoms in total. The molecule has 2 N–H and O–H groups in total. The van der Waals surface area contributed by atoms with Crippen LogP contribution in [0.3, 0.4) is 0 Å². The Hall–Kier alpha value is -1.78. The molecular weight excluding hydrogens is 210 g/mol. The van der Waals surface area contributed by atoms with Crippen LogP contribution in [-0.4, -0.2) is 20.7 Å². The molecule has 1 atom stereocenters. The number of aromatic carboxylic acids is 1. The van der Waals surface area contributed by atoms with Crippen LogP contribution in [0, 0.1) is 5.92 Å². The first-order valence-corrected chi connectivity index (χ1v) is 5.10. The van der Waals surface area contributed by atoms with Crippen LogP contribution in [0.15, 0.2) is 4.79 Å². The van der Waals surface area contributed by atoms with Crippen molar-refractivity contribution in [3.63, 3.8) is 0 Å². The quantitative estimate of drug-likeness (QED) is 0.727. The molecule has 1 aromatic heterocycles. The van der Waals surface area contributed by atoms with Gasteiger partial charge in [0.2, 0.25) is 0 Å². The zero-order chi connectivity index (χ0) is 12.0. The summed E-state index contributed by atoms with van der Waals surface area (Å²) in [6.45, 7) is 2.00. The van der Waals surface area contributed by atoms with Crippen molar-refractivity contribution in [1.29, 1.82) is 0 Å². The average molecular weight is 223 g/mol. The molecule has 1 unspecified atom stereocenters. The zero-order valence-corrected chi connectivity index (χ0v) is 9.15. The van der Waals surface area contributed by atoms with Crippen molar-refractivity contribution in [2.24, 2.45) is 13.0 Å². The number of rotatable bonds is 1. The van der Waals surface area contributed by atoms with E-state index in [1.807, 2.05) is 6.92 Å². The Morgan fingerprint density at radius 1 is 1.44 bits per heavy atom. The standard InChI is InChI=1S/C11H13NO4/c1-5-3-6-7(4-5)12(2)10(14)8(9(6)13)11(15)16/h5,13H,3-4H2,1-2H3,(H,15,16). The second-order valence-corrected chi connectivity index (χ2v) is 4.33. The summed E-state index contributed by atoms with van der Waals surface area (Å²) in [4.78, 5) is 22.6. The molecule has 1 aliphatic rings. The van der Waals surface area contributed by atoms with Crippen molar-refractivity contribution in [3.8, 4) is 5.75 Å². The number of hydrogen-bond donors (Lipinski definition) is 2. The number of pyridine rings is 1. The van der Waals surface area contributed by atoms with Crippen molar-refractivity contribution in [2.45, 2.75) is 19.8 Å². The molecule has 86 valence electrons. The van der Waals surface area contributed by atoms with Crippen molar-refractivity contribution in [1.82, 2.24) is 4.57 Å². The minimum absolute atomic E-state index is 0.329. The highest BCUT2D eigenvalue weighted by Gasteiger charge is 2.29. The Labute approximate surface area is 92.0 Å². The minimum Gasteiger partial charge on any atom is -0.506 e. The van der Waals surface area contributed by atoms with E-state index in [0.717, 1.165) is 5.69 Å². The predicted molar refractivity (Wildman–Crippen MR) is 56.9 cm³/mol. The van der Waals surface area contributed by atoms with Crippen LogP contribution in [-0.2, 0) is 19.9 Å². The van der Waals surface area contributed by atoms with Crippen LogP contribution in [0.25, 0.3) is 0 Å². The Bertz CT molecular complexity index is 530. The molecule has 1 aromatic rings. The van der Waals surface area contributed by atoms with E-state index in [-0.39, 0.29) is 5.75 Å². The van der Waals surface area contributed by atoms with E-state index in [4.69, 9.17) is 5.11 Å². The normalized spacial score (nSPS) is 18.5. The van der Waals surface area contributed by atoms with Gasteiger partial charge in [0.15, 0.2) is 5.56 Å². The molecule has 0 bridgehead atoms. The molecule has 2 rings (SSSR count). The monoisotopic (exact) mass is 223 g/mol. The van der Waals surface area contributed by atoms with Gasteiger partial charge in [0.1, 0.15) is 5.75 Å². The molecule has 0 amide bonds. The molecule has 0 aliphatic heterocycles. The molecule has 0 aromatic carbocycles. The van der Waals surface area contributed by atoms with Gasteiger partial charge in [0.25, 0.3) is 5.56 Å². The second kappa shape index (κ2) is 3.37. The van der Waals surface area contributed by atoms with Crippen molar-refractivity contribution >= 4 is 5.97 Å². The number of carboxylic acid groups (broad SMARTS) is 1. The summed E-state index contributed by atoms with van der Waals surface area (Å²) >= 11 is 0. The number of aromatic nitrogens is 1. The molecule has 0 radical (unpaired) electrons. The fourth-order valence-corrected chi connectivity index (χ4v) is 2.30. The fourth-order valence-electron chi connectivity index (χ4n) is 2.30. The Morgan fingerprint density at radius 2 is 2.06 bits per heavy atom. The Kier molecular flexibility index (Phi) is 2.26. The van der Waals surface area contributed by atoms with E-state index in [1.54, 1.807) is 7.05 Å². The molecule has 16 heavy (non-hydrogen) atoms. The Balaban J connectivity index is 2.80.